The summed E-state index contributed by atoms with van der Waals surface area (Å²) in [5.41, 5.74) is 0. The van der Waals surface area contributed by atoms with Gasteiger partial charge in [0.1, 0.15) is 6.61 Å². The largest absolute Gasteiger partial charge is 0.372 e. The molecule has 3 heteroatoms. The minimum Gasteiger partial charge on any atom is -0.372 e. The summed E-state index contributed by atoms with van der Waals surface area (Å²) in [6, 6.07) is 8.38. The van der Waals surface area contributed by atoms with Gasteiger partial charge in [-0.2, -0.15) is 0 Å². The van der Waals surface area contributed by atoms with Crippen LogP contribution in [0.4, 0.5) is 0 Å². The van der Waals surface area contributed by atoms with Gasteiger partial charge in [-0.1, -0.05) is 30.0 Å². The summed E-state index contributed by atoms with van der Waals surface area (Å²) in [4.78, 5) is 1.13. The Kier molecular flexibility index (Phi) is 3.62. The second-order valence-electron chi connectivity index (χ2n) is 2.98. The van der Waals surface area contributed by atoms with Crippen molar-refractivity contribution in [2.75, 3.05) is 13.7 Å². The van der Waals surface area contributed by atoms with E-state index in [1.807, 2.05) is 0 Å². The SMILES string of the molecule is COCC#Cc1sc2ccccc2c1I. The number of thiophene rings is 1. The fourth-order valence-corrected chi connectivity index (χ4v) is 3.37. The van der Waals surface area contributed by atoms with Crippen LogP contribution in [0.25, 0.3) is 10.1 Å². The summed E-state index contributed by atoms with van der Waals surface area (Å²) < 4.78 is 7.45. The molecule has 0 atom stereocenters. The van der Waals surface area contributed by atoms with E-state index in [4.69, 9.17) is 4.74 Å². The van der Waals surface area contributed by atoms with E-state index in [1.165, 1.54) is 13.7 Å². The van der Waals surface area contributed by atoms with Crippen molar-refractivity contribution in [1.29, 1.82) is 0 Å². The average Bonchev–Trinajstić information content (AvgIpc) is 2.57. The molecule has 0 aliphatic carbocycles. The van der Waals surface area contributed by atoms with Crippen LogP contribution in [0.3, 0.4) is 0 Å². The van der Waals surface area contributed by atoms with Gasteiger partial charge in [-0.25, -0.2) is 0 Å². The molecule has 1 heterocycles. The van der Waals surface area contributed by atoms with Crippen LogP contribution in [-0.2, 0) is 4.74 Å². The van der Waals surface area contributed by atoms with E-state index in [2.05, 4.69) is 58.7 Å². The molecule has 76 valence electrons. The lowest BCUT2D eigenvalue weighted by molar-refractivity contribution is 0.240. The number of methoxy groups -OCH3 is 1. The lowest BCUT2D eigenvalue weighted by atomic mass is 10.2. The second kappa shape index (κ2) is 4.97. The lowest BCUT2D eigenvalue weighted by Gasteiger charge is -1.87. The summed E-state index contributed by atoms with van der Waals surface area (Å²) in [6.07, 6.45) is 0. The predicted octanol–water partition coefficient (Wildman–Crippen LogP) is 3.50. The predicted molar refractivity (Wildman–Crippen MR) is 73.3 cm³/mol. The smallest absolute Gasteiger partial charge is 0.107 e. The monoisotopic (exact) mass is 328 g/mol. The highest BCUT2D eigenvalue weighted by atomic mass is 127. The van der Waals surface area contributed by atoms with Crippen molar-refractivity contribution in [3.63, 3.8) is 0 Å². The second-order valence-corrected chi connectivity index (χ2v) is 5.11. The molecule has 1 nitrogen and oxygen atoms in total. The number of ether oxygens (including phenoxy) is 1. The summed E-state index contributed by atoms with van der Waals surface area (Å²) in [7, 11) is 1.66. The molecule has 0 radical (unpaired) electrons. The van der Waals surface area contributed by atoms with Crippen LogP contribution < -0.4 is 0 Å². The van der Waals surface area contributed by atoms with Crippen LogP contribution >= 0.6 is 33.9 Å². The molecule has 0 aliphatic rings. The maximum Gasteiger partial charge on any atom is 0.107 e. The van der Waals surface area contributed by atoms with Gasteiger partial charge in [0.05, 0.1) is 4.88 Å². The third-order valence-electron chi connectivity index (χ3n) is 1.95. The Labute approximate surface area is 107 Å². The van der Waals surface area contributed by atoms with Gasteiger partial charge in [0.15, 0.2) is 0 Å². The molecule has 0 fully saturated rings. The van der Waals surface area contributed by atoms with Gasteiger partial charge in [0.2, 0.25) is 0 Å². The fourth-order valence-electron chi connectivity index (χ4n) is 1.28. The summed E-state index contributed by atoms with van der Waals surface area (Å²) in [5, 5.41) is 1.30. The van der Waals surface area contributed by atoms with Gasteiger partial charge in [-0.15, -0.1) is 11.3 Å². The van der Waals surface area contributed by atoms with Crippen LogP contribution in [0, 0.1) is 15.4 Å². The van der Waals surface area contributed by atoms with Crippen molar-refractivity contribution in [1.82, 2.24) is 0 Å². The van der Waals surface area contributed by atoms with Gasteiger partial charge in [-0.05, 0) is 28.7 Å². The Morgan fingerprint density at radius 3 is 2.93 bits per heavy atom. The van der Waals surface area contributed by atoms with Crippen LogP contribution in [-0.4, -0.2) is 13.7 Å². The molecule has 0 saturated heterocycles. The highest BCUT2D eigenvalue weighted by molar-refractivity contribution is 14.1. The molecule has 2 rings (SSSR count). The number of benzene rings is 1. The first-order chi connectivity index (χ1) is 7.33. The Morgan fingerprint density at radius 1 is 1.40 bits per heavy atom. The van der Waals surface area contributed by atoms with Crippen molar-refractivity contribution < 1.29 is 4.74 Å². The number of halogens is 1. The topological polar surface area (TPSA) is 9.23 Å². The van der Waals surface area contributed by atoms with Crippen LogP contribution in [0.1, 0.15) is 4.88 Å². The van der Waals surface area contributed by atoms with Crippen molar-refractivity contribution in [2.24, 2.45) is 0 Å². The molecular formula is C12H9IOS. The van der Waals surface area contributed by atoms with Gasteiger partial charge in [-0.3, -0.25) is 0 Å². The van der Waals surface area contributed by atoms with Gasteiger partial charge in [0.25, 0.3) is 0 Å². The van der Waals surface area contributed by atoms with E-state index < -0.39 is 0 Å². The molecule has 2 aromatic rings. The molecule has 0 N–H and O–H groups in total. The highest BCUT2D eigenvalue weighted by Crippen LogP contribution is 2.31. The molecule has 0 unspecified atom stereocenters. The highest BCUT2D eigenvalue weighted by Gasteiger charge is 2.06. The summed E-state index contributed by atoms with van der Waals surface area (Å²) in [6.45, 7) is 0.490. The first-order valence-electron chi connectivity index (χ1n) is 4.48. The zero-order chi connectivity index (χ0) is 10.7. The molecule has 0 aliphatic heterocycles. The van der Waals surface area contributed by atoms with Crippen molar-refractivity contribution in [3.8, 4) is 11.8 Å². The molecule has 1 aromatic heterocycles. The zero-order valence-electron chi connectivity index (χ0n) is 8.21. The molecule has 0 amide bonds. The molecule has 0 saturated carbocycles. The van der Waals surface area contributed by atoms with Crippen molar-refractivity contribution >= 4 is 44.0 Å². The summed E-state index contributed by atoms with van der Waals surface area (Å²) in [5.74, 6) is 6.13. The normalized spacial score (nSPS) is 10.0. The van der Waals surface area contributed by atoms with E-state index in [0.29, 0.717) is 6.61 Å². The third-order valence-corrected chi connectivity index (χ3v) is 4.53. The average molecular weight is 328 g/mol. The first kappa shape index (κ1) is 10.9. The van der Waals surface area contributed by atoms with Crippen molar-refractivity contribution in [2.45, 2.75) is 0 Å². The van der Waals surface area contributed by atoms with Crippen LogP contribution in [0.2, 0.25) is 0 Å². The maximum atomic E-state index is 4.91. The van der Waals surface area contributed by atoms with E-state index in [9.17, 15) is 0 Å². The van der Waals surface area contributed by atoms with Crippen LogP contribution in [0.5, 0.6) is 0 Å². The minimum absolute atomic E-state index is 0.490. The van der Waals surface area contributed by atoms with Crippen LogP contribution in [0.15, 0.2) is 24.3 Å². The first-order valence-corrected chi connectivity index (χ1v) is 6.37. The molecule has 15 heavy (non-hydrogen) atoms. The van der Waals surface area contributed by atoms with E-state index in [0.717, 1.165) is 4.88 Å². The summed E-state index contributed by atoms with van der Waals surface area (Å²) >= 11 is 4.09. The molecule has 0 spiro atoms. The van der Waals surface area contributed by atoms with E-state index >= 15 is 0 Å². The standard InChI is InChI=1S/C12H9IOS/c1-14-8-4-7-11-12(13)9-5-2-3-6-10(9)15-11/h2-3,5-6H,8H2,1H3. The Hall–Kier alpha value is -0.570. The molecule has 0 bridgehead atoms. The van der Waals surface area contributed by atoms with E-state index in [1.54, 1.807) is 18.4 Å². The minimum atomic E-state index is 0.490. The Morgan fingerprint density at radius 2 is 2.20 bits per heavy atom. The van der Waals surface area contributed by atoms with E-state index in [-0.39, 0.29) is 0 Å². The number of rotatable bonds is 1. The number of fused-ring (bicyclic) bond motifs is 1. The van der Waals surface area contributed by atoms with Gasteiger partial charge < -0.3 is 4.74 Å². The Balaban J connectivity index is 2.46. The molecular weight excluding hydrogens is 319 g/mol. The Bertz CT molecular complexity index is 533. The maximum absolute atomic E-state index is 4.91. The number of hydrogen-bond acceptors (Lipinski definition) is 2. The quantitative estimate of drug-likeness (QED) is 0.575. The molecule has 1 aromatic carbocycles. The fraction of sp³-hybridized carbons (Fsp3) is 0.167. The van der Waals surface area contributed by atoms with Gasteiger partial charge >= 0.3 is 0 Å². The zero-order valence-corrected chi connectivity index (χ0v) is 11.2. The third kappa shape index (κ3) is 2.33. The van der Waals surface area contributed by atoms with Gasteiger partial charge in [0, 0.05) is 20.8 Å². The lowest BCUT2D eigenvalue weighted by Crippen LogP contribution is -1.81. The van der Waals surface area contributed by atoms with Crippen molar-refractivity contribution in [3.05, 3.63) is 32.7 Å². The number of hydrogen-bond donors (Lipinski definition) is 0.